The highest BCUT2D eigenvalue weighted by molar-refractivity contribution is 5.93. The molecule has 5 nitrogen and oxygen atoms in total. The van der Waals surface area contributed by atoms with Crippen LogP contribution in [0.2, 0.25) is 0 Å². The Kier molecular flexibility index (Phi) is 8.69. The van der Waals surface area contributed by atoms with Gasteiger partial charge in [-0.15, -0.1) is 24.8 Å². The summed E-state index contributed by atoms with van der Waals surface area (Å²) in [5, 5.41) is 5.90. The molecule has 0 aliphatic rings. The number of imidazole rings is 1. The van der Waals surface area contributed by atoms with E-state index < -0.39 is 0 Å². The highest BCUT2D eigenvalue weighted by atomic mass is 35.5. The highest BCUT2D eigenvalue weighted by Gasteiger charge is 2.12. The summed E-state index contributed by atoms with van der Waals surface area (Å²) >= 11 is 0. The number of rotatable bonds is 5. The van der Waals surface area contributed by atoms with Gasteiger partial charge in [0.15, 0.2) is 0 Å². The molecule has 1 atom stereocenters. The van der Waals surface area contributed by atoms with E-state index in [1.165, 1.54) is 0 Å². The highest BCUT2D eigenvalue weighted by Crippen LogP contribution is 2.19. The Morgan fingerprint density at radius 2 is 2.14 bits per heavy atom. The molecular weight excluding hydrogens is 311 g/mol. The molecule has 0 aliphatic heterocycles. The van der Waals surface area contributed by atoms with E-state index in [1.807, 2.05) is 38.2 Å². The summed E-state index contributed by atoms with van der Waals surface area (Å²) in [6.45, 7) is 2.55. The van der Waals surface area contributed by atoms with Crippen molar-refractivity contribution in [2.45, 2.75) is 6.92 Å². The summed E-state index contributed by atoms with van der Waals surface area (Å²) in [6, 6.07) is 7.63. The average molecular weight is 331 g/mol. The molecule has 0 saturated heterocycles. The Bertz CT molecular complexity index is 546. The number of halogens is 2. The van der Waals surface area contributed by atoms with Crippen LogP contribution in [0.15, 0.2) is 36.7 Å². The zero-order valence-corrected chi connectivity index (χ0v) is 13.6. The third-order valence-electron chi connectivity index (χ3n) is 2.86. The number of carbonyl (C=O) groups is 1. The molecule has 0 saturated carbocycles. The number of aromatic nitrogens is 2. The molecule has 1 unspecified atom stereocenters. The molecule has 2 aromatic rings. The van der Waals surface area contributed by atoms with E-state index in [4.69, 9.17) is 0 Å². The van der Waals surface area contributed by atoms with Crippen molar-refractivity contribution in [2.75, 3.05) is 18.9 Å². The van der Waals surface area contributed by atoms with Crippen LogP contribution in [0.3, 0.4) is 0 Å². The van der Waals surface area contributed by atoms with Crippen LogP contribution in [0.4, 0.5) is 5.69 Å². The number of carbonyl (C=O) groups excluding carboxylic acids is 1. The van der Waals surface area contributed by atoms with Crippen molar-refractivity contribution < 1.29 is 4.79 Å². The van der Waals surface area contributed by atoms with Gasteiger partial charge in [-0.1, -0.05) is 19.1 Å². The molecule has 2 rings (SSSR count). The van der Waals surface area contributed by atoms with Crippen LogP contribution in [0.1, 0.15) is 6.92 Å². The normalized spacial score (nSPS) is 11.0. The van der Waals surface area contributed by atoms with Crippen LogP contribution in [-0.4, -0.2) is 29.5 Å². The summed E-state index contributed by atoms with van der Waals surface area (Å²) in [7, 11) is 1.83. The second-order valence-corrected chi connectivity index (χ2v) is 4.47. The molecule has 1 amide bonds. The average Bonchev–Trinajstić information content (AvgIpc) is 2.93. The Morgan fingerprint density at radius 3 is 2.76 bits per heavy atom. The van der Waals surface area contributed by atoms with Gasteiger partial charge in [-0.05, 0) is 19.2 Å². The van der Waals surface area contributed by atoms with Crippen molar-refractivity contribution in [1.82, 2.24) is 15.3 Å². The van der Waals surface area contributed by atoms with Crippen molar-refractivity contribution in [3.63, 3.8) is 0 Å². The van der Waals surface area contributed by atoms with Crippen molar-refractivity contribution in [1.29, 1.82) is 0 Å². The molecule has 0 bridgehead atoms. The van der Waals surface area contributed by atoms with Gasteiger partial charge in [-0.3, -0.25) is 4.79 Å². The van der Waals surface area contributed by atoms with Gasteiger partial charge in [-0.25, -0.2) is 4.98 Å². The van der Waals surface area contributed by atoms with Gasteiger partial charge in [0.05, 0.1) is 0 Å². The van der Waals surface area contributed by atoms with E-state index in [1.54, 1.807) is 12.4 Å². The van der Waals surface area contributed by atoms with Crippen LogP contribution in [0.5, 0.6) is 0 Å². The molecule has 1 heterocycles. The quantitative estimate of drug-likeness (QED) is 0.789. The van der Waals surface area contributed by atoms with Crippen LogP contribution in [-0.2, 0) is 4.79 Å². The van der Waals surface area contributed by atoms with Gasteiger partial charge < -0.3 is 15.6 Å². The summed E-state index contributed by atoms with van der Waals surface area (Å²) in [5.41, 5.74) is 1.73. The number of anilines is 1. The van der Waals surface area contributed by atoms with Gasteiger partial charge in [-0.2, -0.15) is 0 Å². The van der Waals surface area contributed by atoms with E-state index in [-0.39, 0.29) is 36.6 Å². The first-order valence-corrected chi connectivity index (χ1v) is 6.26. The van der Waals surface area contributed by atoms with E-state index in [2.05, 4.69) is 20.6 Å². The Hall–Kier alpha value is -1.56. The number of amides is 1. The van der Waals surface area contributed by atoms with Crippen molar-refractivity contribution in [2.24, 2.45) is 5.92 Å². The summed E-state index contributed by atoms with van der Waals surface area (Å²) in [5.74, 6) is 0.725. The lowest BCUT2D eigenvalue weighted by molar-refractivity contribution is -0.119. The molecular formula is C14H20Cl2N4O. The maximum absolute atomic E-state index is 11.9. The SMILES string of the molecule is CNCC(C)C(=O)Nc1cccc(-c2ncc[nH]2)c1.Cl.Cl. The molecule has 1 aromatic heterocycles. The number of benzene rings is 1. The Morgan fingerprint density at radius 1 is 1.38 bits per heavy atom. The number of aromatic amines is 1. The van der Waals surface area contributed by atoms with Gasteiger partial charge in [0.1, 0.15) is 5.82 Å². The standard InChI is InChI=1S/C14H18N4O.2ClH/c1-10(9-15-2)14(19)18-12-5-3-4-11(8-12)13-16-6-7-17-13;;/h3-8,10,15H,9H2,1-2H3,(H,16,17)(H,18,19);2*1H. The zero-order valence-electron chi connectivity index (χ0n) is 11.9. The third-order valence-corrected chi connectivity index (χ3v) is 2.86. The summed E-state index contributed by atoms with van der Waals surface area (Å²) in [6.07, 6.45) is 3.48. The fourth-order valence-electron chi connectivity index (χ4n) is 1.83. The predicted molar refractivity (Wildman–Crippen MR) is 90.2 cm³/mol. The number of hydrogen-bond donors (Lipinski definition) is 3. The van der Waals surface area contributed by atoms with Gasteiger partial charge >= 0.3 is 0 Å². The van der Waals surface area contributed by atoms with Gasteiger partial charge in [0.25, 0.3) is 0 Å². The maximum atomic E-state index is 11.9. The van der Waals surface area contributed by atoms with Gasteiger partial charge in [0, 0.05) is 36.1 Å². The van der Waals surface area contributed by atoms with Crippen molar-refractivity contribution in [3.8, 4) is 11.4 Å². The van der Waals surface area contributed by atoms with Crippen LogP contribution < -0.4 is 10.6 Å². The second kappa shape index (κ2) is 9.39. The molecule has 1 aromatic carbocycles. The van der Waals surface area contributed by atoms with Crippen LogP contribution in [0, 0.1) is 5.92 Å². The molecule has 116 valence electrons. The van der Waals surface area contributed by atoms with Crippen molar-refractivity contribution in [3.05, 3.63) is 36.7 Å². The lowest BCUT2D eigenvalue weighted by atomic mass is 10.1. The Labute approximate surface area is 136 Å². The monoisotopic (exact) mass is 330 g/mol. The molecule has 21 heavy (non-hydrogen) atoms. The minimum Gasteiger partial charge on any atom is -0.345 e. The number of nitrogens with one attached hydrogen (secondary N) is 3. The number of hydrogen-bond acceptors (Lipinski definition) is 3. The van der Waals surface area contributed by atoms with Crippen molar-refractivity contribution >= 4 is 36.4 Å². The second-order valence-electron chi connectivity index (χ2n) is 4.47. The lowest BCUT2D eigenvalue weighted by Gasteiger charge is -2.12. The summed E-state index contributed by atoms with van der Waals surface area (Å²) in [4.78, 5) is 19.2. The minimum atomic E-state index is -0.0720. The fourth-order valence-corrected chi connectivity index (χ4v) is 1.83. The topological polar surface area (TPSA) is 69.8 Å². The number of nitrogens with zero attached hydrogens (tertiary/aromatic N) is 1. The first kappa shape index (κ1) is 19.4. The van der Waals surface area contributed by atoms with E-state index >= 15 is 0 Å². The minimum absolute atomic E-state index is 0. The molecule has 0 fully saturated rings. The predicted octanol–water partition coefficient (Wildman–Crippen LogP) is 2.71. The first-order chi connectivity index (χ1) is 9.20. The smallest absolute Gasteiger partial charge is 0.228 e. The molecule has 7 heteroatoms. The molecule has 0 spiro atoms. The Balaban J connectivity index is 0.00000200. The number of H-pyrrole nitrogens is 1. The van der Waals surface area contributed by atoms with E-state index in [0.29, 0.717) is 6.54 Å². The van der Waals surface area contributed by atoms with E-state index in [0.717, 1.165) is 17.1 Å². The van der Waals surface area contributed by atoms with Crippen LogP contribution in [0.25, 0.3) is 11.4 Å². The van der Waals surface area contributed by atoms with E-state index in [9.17, 15) is 4.79 Å². The molecule has 3 N–H and O–H groups in total. The molecule has 0 aliphatic carbocycles. The van der Waals surface area contributed by atoms with Crippen LogP contribution >= 0.6 is 24.8 Å². The fraction of sp³-hybridized carbons (Fsp3) is 0.286. The first-order valence-electron chi connectivity index (χ1n) is 6.26. The lowest BCUT2D eigenvalue weighted by Crippen LogP contribution is -2.28. The maximum Gasteiger partial charge on any atom is 0.228 e. The zero-order chi connectivity index (χ0) is 13.7. The third kappa shape index (κ3) is 5.38. The largest absolute Gasteiger partial charge is 0.345 e. The molecule has 0 radical (unpaired) electrons. The van der Waals surface area contributed by atoms with Gasteiger partial charge in [0.2, 0.25) is 5.91 Å². The summed E-state index contributed by atoms with van der Waals surface area (Å²) < 4.78 is 0.